The Kier molecular flexibility index (Phi) is 4.36. The summed E-state index contributed by atoms with van der Waals surface area (Å²) in [5.41, 5.74) is 2.40. The summed E-state index contributed by atoms with van der Waals surface area (Å²) in [6.07, 6.45) is -2.04. The minimum atomic E-state index is -4.38. The number of nitrogens with one attached hydrogen (secondary N) is 2. The number of H-pyrrole nitrogens is 1. The van der Waals surface area contributed by atoms with E-state index in [0.29, 0.717) is 23.0 Å². The van der Waals surface area contributed by atoms with Gasteiger partial charge in [0.25, 0.3) is 5.92 Å². The highest BCUT2D eigenvalue weighted by Gasteiger charge is 2.32. The van der Waals surface area contributed by atoms with Crippen molar-refractivity contribution in [3.63, 3.8) is 0 Å². The molecule has 0 radical (unpaired) electrons. The van der Waals surface area contributed by atoms with Crippen LogP contribution >= 0.6 is 0 Å². The molecule has 28 heavy (non-hydrogen) atoms. The molecule has 148 valence electrons. The molecule has 2 aromatic carbocycles. The van der Waals surface area contributed by atoms with E-state index in [1.165, 1.54) is 24.3 Å². The molecule has 4 rings (SSSR count). The van der Waals surface area contributed by atoms with E-state index in [2.05, 4.69) is 10.3 Å². The fraction of sp³-hybridized carbons (Fsp3) is 0.333. The van der Waals surface area contributed by atoms with Crippen molar-refractivity contribution in [1.29, 1.82) is 0 Å². The maximum Gasteiger partial charge on any atom is 0.416 e. The highest BCUT2D eigenvalue weighted by atomic mass is 19.4. The lowest BCUT2D eigenvalue weighted by molar-refractivity contribution is -0.137. The van der Waals surface area contributed by atoms with Crippen LogP contribution in [0.15, 0.2) is 42.5 Å². The Morgan fingerprint density at radius 2 is 1.64 bits per heavy atom. The van der Waals surface area contributed by atoms with E-state index in [1.807, 2.05) is 0 Å². The molecule has 2 N–H and O–H groups in total. The Morgan fingerprint density at radius 3 is 2.29 bits per heavy atom. The van der Waals surface area contributed by atoms with Crippen LogP contribution in [-0.2, 0) is 18.5 Å². The molecule has 1 aromatic heterocycles. The Bertz CT molecular complexity index is 997. The third-order valence-corrected chi connectivity index (χ3v) is 5.27. The number of hydrogen-bond acceptors (Lipinski definition) is 1. The van der Waals surface area contributed by atoms with Gasteiger partial charge >= 0.3 is 6.18 Å². The van der Waals surface area contributed by atoms with Crippen molar-refractivity contribution in [2.75, 3.05) is 5.32 Å². The van der Waals surface area contributed by atoms with Crippen LogP contribution in [0.5, 0.6) is 0 Å². The van der Waals surface area contributed by atoms with Crippen LogP contribution < -0.4 is 5.32 Å². The zero-order valence-electron chi connectivity index (χ0n) is 15.1. The molecule has 1 unspecified atom stereocenters. The van der Waals surface area contributed by atoms with E-state index in [-0.39, 0.29) is 11.6 Å². The van der Waals surface area contributed by atoms with E-state index >= 15 is 0 Å². The molecule has 1 aliphatic rings. The maximum absolute atomic E-state index is 13.4. The molecule has 0 aliphatic heterocycles. The zero-order valence-corrected chi connectivity index (χ0v) is 15.1. The number of anilines is 1. The van der Waals surface area contributed by atoms with Crippen LogP contribution in [0.25, 0.3) is 10.9 Å². The molecule has 1 aliphatic carbocycles. The van der Waals surface area contributed by atoms with Gasteiger partial charge in [0.2, 0.25) is 0 Å². The Balaban J connectivity index is 1.65. The summed E-state index contributed by atoms with van der Waals surface area (Å²) in [5.74, 6) is -2.90. The third-order valence-electron chi connectivity index (χ3n) is 5.27. The number of rotatable bonds is 3. The normalized spacial score (nSPS) is 17.6. The summed E-state index contributed by atoms with van der Waals surface area (Å²) in [7, 11) is 0. The van der Waals surface area contributed by atoms with Gasteiger partial charge in [0.15, 0.2) is 0 Å². The molecule has 0 fully saturated rings. The first kappa shape index (κ1) is 18.8. The minimum Gasteiger partial charge on any atom is -0.377 e. The van der Waals surface area contributed by atoms with E-state index in [0.717, 1.165) is 37.1 Å². The van der Waals surface area contributed by atoms with E-state index in [9.17, 15) is 22.0 Å². The molecule has 0 bridgehead atoms. The summed E-state index contributed by atoms with van der Waals surface area (Å²) in [6.45, 7) is 0.850. The summed E-state index contributed by atoms with van der Waals surface area (Å²) >= 11 is 0. The lowest BCUT2D eigenvalue weighted by Crippen LogP contribution is -2.17. The highest BCUT2D eigenvalue weighted by Crippen LogP contribution is 2.39. The van der Waals surface area contributed by atoms with Crippen LogP contribution in [0, 0.1) is 0 Å². The van der Waals surface area contributed by atoms with Crippen LogP contribution in [0.2, 0.25) is 0 Å². The van der Waals surface area contributed by atoms with Gasteiger partial charge in [-0.1, -0.05) is 12.1 Å². The second kappa shape index (κ2) is 6.50. The van der Waals surface area contributed by atoms with Crippen LogP contribution in [-0.4, -0.2) is 4.98 Å². The zero-order chi connectivity index (χ0) is 20.1. The Labute approximate surface area is 158 Å². The fourth-order valence-electron chi connectivity index (χ4n) is 3.84. The first-order valence-corrected chi connectivity index (χ1v) is 9.09. The van der Waals surface area contributed by atoms with Crippen molar-refractivity contribution < 1.29 is 22.0 Å². The van der Waals surface area contributed by atoms with Crippen molar-refractivity contribution in [2.24, 2.45) is 0 Å². The van der Waals surface area contributed by atoms with Gasteiger partial charge in [0.05, 0.1) is 11.6 Å². The molecule has 3 aromatic rings. The molecule has 0 saturated heterocycles. The second-order valence-electron chi connectivity index (χ2n) is 7.33. The van der Waals surface area contributed by atoms with E-state index in [1.54, 1.807) is 12.1 Å². The number of aryl methyl sites for hydroxylation is 1. The Morgan fingerprint density at radius 1 is 0.964 bits per heavy atom. The molecular formula is C21H19F5N2. The van der Waals surface area contributed by atoms with Crippen LogP contribution in [0.4, 0.5) is 27.6 Å². The molecule has 7 heteroatoms. The fourth-order valence-corrected chi connectivity index (χ4v) is 3.84. The average molecular weight is 394 g/mol. The van der Waals surface area contributed by atoms with Crippen molar-refractivity contribution in [3.8, 4) is 0 Å². The highest BCUT2D eigenvalue weighted by molar-refractivity contribution is 5.86. The monoisotopic (exact) mass is 394 g/mol. The summed E-state index contributed by atoms with van der Waals surface area (Å²) < 4.78 is 65.9. The third kappa shape index (κ3) is 3.45. The lowest BCUT2D eigenvalue weighted by Gasteiger charge is -2.25. The van der Waals surface area contributed by atoms with Crippen molar-refractivity contribution in [3.05, 3.63) is 64.8 Å². The van der Waals surface area contributed by atoms with Gasteiger partial charge < -0.3 is 10.3 Å². The maximum atomic E-state index is 13.4. The quantitative estimate of drug-likeness (QED) is 0.471. The van der Waals surface area contributed by atoms with Crippen molar-refractivity contribution >= 4 is 16.6 Å². The van der Waals surface area contributed by atoms with Gasteiger partial charge in [-0.05, 0) is 55.2 Å². The molecule has 2 nitrogen and oxygen atoms in total. The number of halogens is 5. The Hall–Kier alpha value is -2.57. The summed E-state index contributed by atoms with van der Waals surface area (Å²) in [6, 6.07) is 9.60. The molecule has 1 atom stereocenters. The SMILES string of the molecule is CC(F)(F)c1ccc(NC2CCCc3c2[nH]c2ccc(C(F)(F)F)cc32)cc1. The van der Waals surface area contributed by atoms with Crippen molar-refractivity contribution in [1.82, 2.24) is 4.98 Å². The van der Waals surface area contributed by atoms with E-state index < -0.39 is 17.7 Å². The van der Waals surface area contributed by atoms with Gasteiger partial charge in [-0.15, -0.1) is 0 Å². The lowest BCUT2D eigenvalue weighted by atomic mass is 9.91. The van der Waals surface area contributed by atoms with E-state index in [4.69, 9.17) is 0 Å². The smallest absolute Gasteiger partial charge is 0.377 e. The second-order valence-corrected chi connectivity index (χ2v) is 7.33. The average Bonchev–Trinajstić information content (AvgIpc) is 3.00. The van der Waals surface area contributed by atoms with Gasteiger partial charge in [0.1, 0.15) is 0 Å². The van der Waals surface area contributed by atoms with Gasteiger partial charge in [-0.25, -0.2) is 8.78 Å². The molecular weight excluding hydrogens is 375 g/mol. The summed E-state index contributed by atoms with van der Waals surface area (Å²) in [5, 5.41) is 3.92. The standard InChI is InChI=1S/C21H19F5N2/c1-20(22,23)12-5-8-14(9-6-12)27-18-4-2-3-15-16-11-13(21(24,25)26)7-10-17(16)28-19(15)18/h5-11,18,27-28H,2-4H2,1H3. The predicted molar refractivity (Wildman–Crippen MR) is 98.6 cm³/mol. The number of alkyl halides is 5. The number of benzene rings is 2. The van der Waals surface area contributed by atoms with Crippen LogP contribution in [0.3, 0.4) is 0 Å². The summed E-state index contributed by atoms with van der Waals surface area (Å²) in [4.78, 5) is 3.25. The van der Waals surface area contributed by atoms with Gasteiger partial charge in [-0.2, -0.15) is 13.2 Å². The number of fused-ring (bicyclic) bond motifs is 3. The van der Waals surface area contributed by atoms with Gasteiger partial charge in [0, 0.05) is 34.8 Å². The molecule has 0 amide bonds. The molecule has 0 saturated carbocycles. The molecule has 1 heterocycles. The number of hydrogen-bond donors (Lipinski definition) is 2. The predicted octanol–water partition coefficient (Wildman–Crippen LogP) is 6.79. The first-order chi connectivity index (χ1) is 13.1. The number of aromatic nitrogens is 1. The van der Waals surface area contributed by atoms with Gasteiger partial charge in [-0.3, -0.25) is 0 Å². The topological polar surface area (TPSA) is 27.8 Å². The number of aromatic amines is 1. The van der Waals surface area contributed by atoms with Crippen molar-refractivity contribution in [2.45, 2.75) is 44.3 Å². The molecule has 0 spiro atoms. The first-order valence-electron chi connectivity index (χ1n) is 9.09. The minimum absolute atomic E-state index is 0.0623. The largest absolute Gasteiger partial charge is 0.416 e. The van der Waals surface area contributed by atoms with Crippen LogP contribution in [0.1, 0.15) is 48.2 Å².